The maximum atomic E-state index is 11.8. The van der Waals surface area contributed by atoms with E-state index in [1.165, 1.54) is 0 Å². The Morgan fingerprint density at radius 3 is 3.12 bits per heavy atom. The molecule has 1 amide bonds. The monoisotopic (exact) mass is 238 g/mol. The first kappa shape index (κ1) is 11.3. The van der Waals surface area contributed by atoms with Crippen LogP contribution in [0.15, 0.2) is 18.3 Å². The molecule has 0 radical (unpaired) electrons. The van der Waals surface area contributed by atoms with Gasteiger partial charge in [0.05, 0.1) is 7.11 Å². The van der Waals surface area contributed by atoms with E-state index in [1.54, 1.807) is 24.3 Å². The van der Waals surface area contributed by atoms with Gasteiger partial charge in [0.15, 0.2) is 11.6 Å². The summed E-state index contributed by atoms with van der Waals surface area (Å²) in [6.07, 6.45) is 2.21. The first-order valence-corrected chi connectivity index (χ1v) is 5.79. The molecular weight excluding hydrogens is 224 g/mol. The number of methoxy groups -OCH3 is 1. The van der Waals surface area contributed by atoms with Gasteiger partial charge in [0.2, 0.25) is 5.91 Å². The minimum absolute atomic E-state index is 0.0936. The van der Waals surface area contributed by atoms with E-state index in [0.29, 0.717) is 30.5 Å². The van der Waals surface area contributed by atoms with Crippen LogP contribution in [0, 0.1) is 5.92 Å². The summed E-state index contributed by atoms with van der Waals surface area (Å²) in [4.78, 5) is 17.7. The maximum absolute atomic E-state index is 11.8. The molecule has 1 unspecified atom stereocenters. The Hall–Kier alpha value is -1.23. The predicted molar refractivity (Wildman–Crippen MR) is 65.1 cm³/mol. The molecule has 1 aromatic rings. The van der Waals surface area contributed by atoms with Crippen LogP contribution >= 0.6 is 12.6 Å². The third kappa shape index (κ3) is 2.00. The van der Waals surface area contributed by atoms with E-state index in [4.69, 9.17) is 4.74 Å². The highest BCUT2D eigenvalue weighted by Gasteiger charge is 2.31. The van der Waals surface area contributed by atoms with Gasteiger partial charge in [-0.2, -0.15) is 12.6 Å². The highest BCUT2D eigenvalue weighted by atomic mass is 32.1. The zero-order valence-electron chi connectivity index (χ0n) is 9.09. The molecule has 0 aliphatic carbocycles. The van der Waals surface area contributed by atoms with Crippen molar-refractivity contribution in [1.29, 1.82) is 0 Å². The van der Waals surface area contributed by atoms with Crippen LogP contribution in [-0.4, -0.2) is 30.3 Å². The fourth-order valence-corrected chi connectivity index (χ4v) is 2.10. The van der Waals surface area contributed by atoms with Crippen molar-refractivity contribution < 1.29 is 9.53 Å². The van der Waals surface area contributed by atoms with E-state index in [-0.39, 0.29) is 5.91 Å². The number of carbonyl (C=O) groups excluding carboxylic acids is 1. The summed E-state index contributed by atoms with van der Waals surface area (Å²) in [5, 5.41) is 0. The molecule has 1 atom stereocenters. The molecule has 1 aliphatic heterocycles. The summed E-state index contributed by atoms with van der Waals surface area (Å²) >= 11 is 4.23. The number of anilines is 1. The van der Waals surface area contributed by atoms with Crippen LogP contribution < -0.4 is 9.64 Å². The number of aromatic nitrogens is 1. The van der Waals surface area contributed by atoms with Gasteiger partial charge in [0.1, 0.15) is 0 Å². The summed E-state index contributed by atoms with van der Waals surface area (Å²) in [7, 11) is 1.58. The van der Waals surface area contributed by atoms with E-state index in [2.05, 4.69) is 17.6 Å². The fourth-order valence-electron chi connectivity index (χ4n) is 1.85. The van der Waals surface area contributed by atoms with Crippen molar-refractivity contribution in [2.24, 2.45) is 5.92 Å². The molecule has 0 spiro atoms. The minimum Gasteiger partial charge on any atom is -0.493 e. The first-order chi connectivity index (χ1) is 7.76. The van der Waals surface area contributed by atoms with Crippen molar-refractivity contribution in [3.05, 3.63) is 18.3 Å². The van der Waals surface area contributed by atoms with Gasteiger partial charge in [0.25, 0.3) is 0 Å². The second-order valence-electron chi connectivity index (χ2n) is 3.79. The van der Waals surface area contributed by atoms with Crippen molar-refractivity contribution in [3.8, 4) is 5.75 Å². The normalized spacial score (nSPS) is 20.2. The van der Waals surface area contributed by atoms with E-state index in [0.717, 1.165) is 5.75 Å². The Kier molecular flexibility index (Phi) is 3.33. The predicted octanol–water partition coefficient (Wildman–Crippen LogP) is 1.37. The maximum Gasteiger partial charge on any atom is 0.228 e. The molecule has 2 heterocycles. The van der Waals surface area contributed by atoms with Crippen molar-refractivity contribution in [3.63, 3.8) is 0 Å². The zero-order chi connectivity index (χ0) is 11.5. The number of nitrogens with zero attached hydrogens (tertiary/aromatic N) is 2. The molecule has 1 aliphatic rings. The second kappa shape index (κ2) is 4.74. The van der Waals surface area contributed by atoms with E-state index in [9.17, 15) is 4.79 Å². The number of thiol groups is 1. The summed E-state index contributed by atoms with van der Waals surface area (Å²) < 4.78 is 5.20. The summed E-state index contributed by atoms with van der Waals surface area (Å²) in [5.41, 5.74) is 0. The Balaban J connectivity index is 2.27. The highest BCUT2D eigenvalue weighted by molar-refractivity contribution is 7.80. The van der Waals surface area contributed by atoms with Crippen molar-refractivity contribution in [2.75, 3.05) is 24.3 Å². The quantitative estimate of drug-likeness (QED) is 0.809. The topological polar surface area (TPSA) is 42.4 Å². The molecule has 2 rings (SSSR count). The third-order valence-electron chi connectivity index (χ3n) is 2.69. The van der Waals surface area contributed by atoms with Crippen molar-refractivity contribution >= 4 is 24.4 Å². The van der Waals surface area contributed by atoms with Gasteiger partial charge in [-0.1, -0.05) is 0 Å². The molecule has 16 heavy (non-hydrogen) atoms. The van der Waals surface area contributed by atoms with Crippen LogP contribution in [0.4, 0.5) is 5.82 Å². The van der Waals surface area contributed by atoms with Gasteiger partial charge in [-0.05, 0) is 23.8 Å². The highest BCUT2D eigenvalue weighted by Crippen LogP contribution is 2.30. The lowest BCUT2D eigenvalue weighted by Crippen LogP contribution is -2.26. The van der Waals surface area contributed by atoms with Crippen LogP contribution in [0.25, 0.3) is 0 Å². The molecule has 5 heteroatoms. The smallest absolute Gasteiger partial charge is 0.228 e. The van der Waals surface area contributed by atoms with Gasteiger partial charge in [-0.25, -0.2) is 4.98 Å². The standard InChI is InChI=1S/C11H14N2O2S/c1-15-9-3-2-4-12-11(9)13-6-8(7-16)5-10(13)14/h2-4,8,16H,5-7H2,1H3. The lowest BCUT2D eigenvalue weighted by molar-refractivity contribution is -0.117. The number of amides is 1. The molecule has 1 saturated heterocycles. The van der Waals surface area contributed by atoms with Crippen molar-refractivity contribution in [1.82, 2.24) is 4.98 Å². The lowest BCUT2D eigenvalue weighted by atomic mass is 10.1. The minimum atomic E-state index is 0.0936. The van der Waals surface area contributed by atoms with Gasteiger partial charge in [-0.3, -0.25) is 9.69 Å². The average Bonchev–Trinajstić information content (AvgIpc) is 2.70. The Bertz CT molecular complexity index is 397. The number of hydrogen-bond acceptors (Lipinski definition) is 4. The Morgan fingerprint density at radius 1 is 1.69 bits per heavy atom. The SMILES string of the molecule is COc1cccnc1N1CC(CS)CC1=O. The molecule has 0 saturated carbocycles. The van der Waals surface area contributed by atoms with E-state index in [1.807, 2.05) is 6.07 Å². The van der Waals surface area contributed by atoms with Gasteiger partial charge in [0, 0.05) is 19.2 Å². The van der Waals surface area contributed by atoms with Crippen LogP contribution in [-0.2, 0) is 4.79 Å². The number of hydrogen-bond donors (Lipinski definition) is 1. The van der Waals surface area contributed by atoms with E-state index >= 15 is 0 Å². The average molecular weight is 238 g/mol. The van der Waals surface area contributed by atoms with Crippen LogP contribution in [0.5, 0.6) is 5.75 Å². The van der Waals surface area contributed by atoms with Gasteiger partial charge >= 0.3 is 0 Å². The number of pyridine rings is 1. The van der Waals surface area contributed by atoms with Crippen LogP contribution in [0.3, 0.4) is 0 Å². The summed E-state index contributed by atoms with van der Waals surface area (Å²) in [6, 6.07) is 3.60. The number of ether oxygens (including phenoxy) is 1. The first-order valence-electron chi connectivity index (χ1n) is 5.16. The fraction of sp³-hybridized carbons (Fsp3) is 0.455. The molecule has 1 aromatic heterocycles. The van der Waals surface area contributed by atoms with Gasteiger partial charge in [-0.15, -0.1) is 0 Å². The third-order valence-corrected chi connectivity index (χ3v) is 3.21. The molecule has 1 fully saturated rings. The molecule has 0 aromatic carbocycles. The Morgan fingerprint density at radius 2 is 2.50 bits per heavy atom. The van der Waals surface area contributed by atoms with Crippen molar-refractivity contribution in [2.45, 2.75) is 6.42 Å². The molecule has 0 bridgehead atoms. The lowest BCUT2D eigenvalue weighted by Gasteiger charge is -2.17. The second-order valence-corrected chi connectivity index (χ2v) is 4.15. The summed E-state index contributed by atoms with van der Waals surface area (Å²) in [5.74, 6) is 2.37. The van der Waals surface area contributed by atoms with Crippen LogP contribution in [0.1, 0.15) is 6.42 Å². The number of rotatable bonds is 3. The Labute approximate surface area is 100 Å². The van der Waals surface area contributed by atoms with Gasteiger partial charge < -0.3 is 4.74 Å². The summed E-state index contributed by atoms with van der Waals surface area (Å²) in [6.45, 7) is 0.676. The zero-order valence-corrected chi connectivity index (χ0v) is 9.98. The molecular formula is C11H14N2O2S. The van der Waals surface area contributed by atoms with E-state index < -0.39 is 0 Å². The molecule has 86 valence electrons. The largest absolute Gasteiger partial charge is 0.493 e. The molecule has 4 nitrogen and oxygen atoms in total. The number of carbonyl (C=O) groups is 1. The molecule has 0 N–H and O–H groups in total. The van der Waals surface area contributed by atoms with Crippen LogP contribution in [0.2, 0.25) is 0 Å².